The van der Waals surface area contributed by atoms with Gasteiger partial charge in [-0.15, -0.1) is 0 Å². The van der Waals surface area contributed by atoms with Gasteiger partial charge in [-0.25, -0.2) is 0 Å². The largest absolute Gasteiger partial charge is 0.0620 e. The highest BCUT2D eigenvalue weighted by atomic mass is 14.6. The van der Waals surface area contributed by atoms with E-state index in [9.17, 15) is 0 Å². The highest BCUT2D eigenvalue weighted by Gasteiger charge is 2.53. The quantitative estimate of drug-likeness (QED) is 0.500. The lowest BCUT2D eigenvalue weighted by Gasteiger charge is -2.30. The van der Waals surface area contributed by atoms with Gasteiger partial charge in [-0.2, -0.15) is 0 Å². The van der Waals surface area contributed by atoms with Crippen molar-refractivity contribution in [2.24, 2.45) is 0 Å². The Kier molecular flexibility index (Phi) is 2.36. The molecule has 0 aliphatic heterocycles. The zero-order valence-corrected chi connectivity index (χ0v) is 13.6. The zero-order chi connectivity index (χ0) is 15.7. The maximum atomic E-state index is 2.39. The Morgan fingerprint density at radius 3 is 1.57 bits per heavy atom. The van der Waals surface area contributed by atoms with Crippen molar-refractivity contribution in [3.8, 4) is 11.1 Å². The fraction of sp³-hybridized carbons (Fsp3) is 0.217. The molecule has 2 aliphatic rings. The summed E-state index contributed by atoms with van der Waals surface area (Å²) in [6.45, 7) is 4.79. The Morgan fingerprint density at radius 2 is 1.00 bits per heavy atom. The van der Waals surface area contributed by atoms with E-state index in [-0.39, 0.29) is 10.8 Å². The summed E-state index contributed by atoms with van der Waals surface area (Å²) in [6.07, 6.45) is 1.15. The molecule has 0 radical (unpaired) electrons. The summed E-state index contributed by atoms with van der Waals surface area (Å²) in [5.41, 5.74) is 9.02. The van der Waals surface area contributed by atoms with Crippen molar-refractivity contribution in [3.05, 3.63) is 95.1 Å². The topological polar surface area (TPSA) is 0 Å². The van der Waals surface area contributed by atoms with Crippen LogP contribution in [0.1, 0.15) is 42.5 Å². The molecule has 23 heavy (non-hydrogen) atoms. The molecule has 0 nitrogen and oxygen atoms in total. The molecule has 0 heterocycles. The summed E-state index contributed by atoms with van der Waals surface area (Å²) in [6, 6.07) is 27.0. The minimum atomic E-state index is 0.0211. The first-order valence-electron chi connectivity index (χ1n) is 8.44. The maximum Gasteiger partial charge on any atom is 0.0474 e. The molecule has 0 amide bonds. The van der Waals surface area contributed by atoms with E-state index in [1.54, 1.807) is 0 Å². The van der Waals surface area contributed by atoms with E-state index < -0.39 is 0 Å². The van der Waals surface area contributed by atoms with Gasteiger partial charge in [-0.3, -0.25) is 0 Å². The van der Waals surface area contributed by atoms with Crippen LogP contribution in [-0.2, 0) is 10.8 Å². The number of hydrogen-bond acceptors (Lipinski definition) is 0. The van der Waals surface area contributed by atoms with Crippen LogP contribution in [0.5, 0.6) is 0 Å². The van der Waals surface area contributed by atoms with Crippen LogP contribution in [0, 0.1) is 0 Å². The molecular formula is C23H20. The molecule has 0 unspecified atom stereocenters. The van der Waals surface area contributed by atoms with E-state index in [0.29, 0.717) is 0 Å². The average Bonchev–Trinajstić information content (AvgIpc) is 3.00. The Morgan fingerprint density at radius 1 is 0.565 bits per heavy atom. The molecule has 0 saturated carbocycles. The molecule has 112 valence electrons. The second kappa shape index (κ2) is 4.14. The molecule has 0 fully saturated rings. The third-order valence-electron chi connectivity index (χ3n) is 5.89. The van der Waals surface area contributed by atoms with Crippen LogP contribution in [-0.4, -0.2) is 0 Å². The van der Waals surface area contributed by atoms with Gasteiger partial charge in [-0.05, 0) is 45.2 Å². The standard InChI is InChI=1S/C23H20/c1-22(2)15-23(21-14-8-7-13-20(21)22)18-11-5-3-9-16(18)17-10-4-6-12-19(17)23/h3-14H,15H2,1-2H3. The highest BCUT2D eigenvalue weighted by Crippen LogP contribution is 2.62. The first-order chi connectivity index (χ1) is 11.1. The van der Waals surface area contributed by atoms with Gasteiger partial charge in [0.25, 0.3) is 0 Å². The van der Waals surface area contributed by atoms with Crippen LogP contribution in [0.3, 0.4) is 0 Å². The van der Waals surface area contributed by atoms with E-state index in [1.807, 2.05) is 0 Å². The van der Waals surface area contributed by atoms with Crippen molar-refractivity contribution in [3.63, 3.8) is 0 Å². The second-order valence-electron chi connectivity index (χ2n) is 7.60. The summed E-state index contributed by atoms with van der Waals surface area (Å²) in [4.78, 5) is 0. The normalized spacial score (nSPS) is 18.5. The van der Waals surface area contributed by atoms with Crippen LogP contribution in [0.4, 0.5) is 0 Å². The molecular weight excluding hydrogens is 276 g/mol. The van der Waals surface area contributed by atoms with E-state index in [1.165, 1.54) is 33.4 Å². The predicted octanol–water partition coefficient (Wildman–Crippen LogP) is 5.68. The summed E-state index contributed by atoms with van der Waals surface area (Å²) >= 11 is 0. The van der Waals surface area contributed by atoms with Crippen LogP contribution >= 0.6 is 0 Å². The van der Waals surface area contributed by atoms with Gasteiger partial charge in [-0.1, -0.05) is 86.6 Å². The molecule has 0 bridgehead atoms. The third-order valence-corrected chi connectivity index (χ3v) is 5.89. The molecule has 0 aromatic heterocycles. The first-order valence-corrected chi connectivity index (χ1v) is 8.44. The zero-order valence-electron chi connectivity index (χ0n) is 13.6. The molecule has 2 aliphatic carbocycles. The average molecular weight is 296 g/mol. The molecule has 0 atom stereocenters. The van der Waals surface area contributed by atoms with Crippen LogP contribution in [0.25, 0.3) is 11.1 Å². The van der Waals surface area contributed by atoms with Crippen molar-refractivity contribution in [1.29, 1.82) is 0 Å². The smallest absolute Gasteiger partial charge is 0.0474 e. The van der Waals surface area contributed by atoms with Crippen molar-refractivity contribution in [1.82, 2.24) is 0 Å². The Balaban J connectivity index is 1.95. The monoisotopic (exact) mass is 296 g/mol. The molecule has 3 aromatic rings. The first kappa shape index (κ1) is 13.1. The number of rotatable bonds is 0. The summed E-state index contributed by atoms with van der Waals surface area (Å²) in [7, 11) is 0. The lowest BCUT2D eigenvalue weighted by molar-refractivity contribution is 0.449. The number of benzene rings is 3. The fourth-order valence-electron chi connectivity index (χ4n) is 5.10. The molecule has 5 rings (SSSR count). The number of fused-ring (bicyclic) bond motifs is 7. The predicted molar refractivity (Wildman–Crippen MR) is 95.8 cm³/mol. The number of hydrogen-bond donors (Lipinski definition) is 0. The van der Waals surface area contributed by atoms with Gasteiger partial charge in [0.05, 0.1) is 0 Å². The van der Waals surface area contributed by atoms with Crippen LogP contribution < -0.4 is 0 Å². The van der Waals surface area contributed by atoms with Gasteiger partial charge in [0.2, 0.25) is 0 Å². The SMILES string of the molecule is CC1(C)CC2(c3ccccc3-c3ccccc32)c2ccccc21. The minimum Gasteiger partial charge on any atom is -0.0620 e. The van der Waals surface area contributed by atoms with Gasteiger partial charge in [0.15, 0.2) is 0 Å². The summed E-state index contributed by atoms with van der Waals surface area (Å²) in [5.74, 6) is 0. The van der Waals surface area contributed by atoms with Gasteiger partial charge < -0.3 is 0 Å². The molecule has 3 aromatic carbocycles. The molecule has 0 N–H and O–H groups in total. The Hall–Kier alpha value is -2.34. The maximum absolute atomic E-state index is 2.39. The van der Waals surface area contributed by atoms with E-state index in [4.69, 9.17) is 0 Å². The van der Waals surface area contributed by atoms with E-state index in [0.717, 1.165) is 6.42 Å². The van der Waals surface area contributed by atoms with Crippen LogP contribution in [0.15, 0.2) is 72.8 Å². The minimum absolute atomic E-state index is 0.0211. The van der Waals surface area contributed by atoms with Gasteiger partial charge >= 0.3 is 0 Å². The van der Waals surface area contributed by atoms with Gasteiger partial charge in [0, 0.05) is 5.41 Å². The van der Waals surface area contributed by atoms with Crippen molar-refractivity contribution in [2.45, 2.75) is 31.1 Å². The lowest BCUT2D eigenvalue weighted by Crippen LogP contribution is -2.26. The van der Waals surface area contributed by atoms with E-state index >= 15 is 0 Å². The van der Waals surface area contributed by atoms with E-state index in [2.05, 4.69) is 86.6 Å². The third kappa shape index (κ3) is 1.47. The lowest BCUT2D eigenvalue weighted by atomic mass is 9.71. The van der Waals surface area contributed by atoms with Crippen LogP contribution in [0.2, 0.25) is 0 Å². The molecule has 0 saturated heterocycles. The molecule has 1 spiro atoms. The molecule has 0 heteroatoms. The van der Waals surface area contributed by atoms with Gasteiger partial charge in [0.1, 0.15) is 0 Å². The Bertz CT molecular complexity index is 885. The van der Waals surface area contributed by atoms with Crippen molar-refractivity contribution >= 4 is 0 Å². The Labute approximate surface area is 137 Å². The fourth-order valence-corrected chi connectivity index (χ4v) is 5.10. The second-order valence-corrected chi connectivity index (χ2v) is 7.60. The van der Waals surface area contributed by atoms with Crippen molar-refractivity contribution in [2.75, 3.05) is 0 Å². The summed E-state index contributed by atoms with van der Waals surface area (Å²) < 4.78 is 0. The summed E-state index contributed by atoms with van der Waals surface area (Å²) in [5, 5.41) is 0. The van der Waals surface area contributed by atoms with Crippen molar-refractivity contribution < 1.29 is 0 Å². The highest BCUT2D eigenvalue weighted by molar-refractivity contribution is 5.84.